The summed E-state index contributed by atoms with van der Waals surface area (Å²) < 4.78 is 7.29. The molecule has 2 aliphatic rings. The number of carbonyl (C=O) groups excluding carboxylic acids is 2. The quantitative estimate of drug-likeness (QED) is 0.224. The molecule has 5 rings (SSSR count). The lowest BCUT2D eigenvalue weighted by Gasteiger charge is -2.32. The second-order valence-electron chi connectivity index (χ2n) is 11.4. The van der Waals surface area contributed by atoms with Gasteiger partial charge >= 0.3 is 0 Å². The minimum absolute atomic E-state index is 0.0507. The first kappa shape index (κ1) is 30.7. The highest BCUT2D eigenvalue weighted by atomic mass is 16.5. The molecule has 12 heteroatoms. The predicted molar refractivity (Wildman–Crippen MR) is 164 cm³/mol. The lowest BCUT2D eigenvalue weighted by Crippen LogP contribution is -2.42. The number of nitrogens with two attached hydrogens (primary N) is 1. The molecule has 1 saturated heterocycles. The SMILES string of the molecule is Cn1c(N2CCC(N)CC2)nc(-c2ccc(C#N)cc2)c(-c2ccc(OCC(=O)NC3CCC(C(=O)NO)CC3)cc2)c1=O. The van der Waals surface area contributed by atoms with Crippen molar-refractivity contribution in [1.82, 2.24) is 20.3 Å². The van der Waals surface area contributed by atoms with E-state index in [9.17, 15) is 19.6 Å². The van der Waals surface area contributed by atoms with Gasteiger partial charge in [0.05, 0.1) is 22.9 Å². The molecule has 1 aliphatic heterocycles. The van der Waals surface area contributed by atoms with Crippen molar-refractivity contribution in [3.05, 3.63) is 64.4 Å². The van der Waals surface area contributed by atoms with E-state index in [1.54, 1.807) is 65.6 Å². The summed E-state index contributed by atoms with van der Waals surface area (Å²) in [6.45, 7) is 1.23. The molecule has 3 aromatic rings. The third-order valence-electron chi connectivity index (χ3n) is 8.46. The summed E-state index contributed by atoms with van der Waals surface area (Å²) >= 11 is 0. The smallest absolute Gasteiger partial charge is 0.263 e. The van der Waals surface area contributed by atoms with Gasteiger partial charge in [-0.15, -0.1) is 0 Å². The van der Waals surface area contributed by atoms with Gasteiger partial charge in [0.1, 0.15) is 5.75 Å². The molecule has 2 heterocycles. The Balaban J connectivity index is 1.33. The third-order valence-corrected chi connectivity index (χ3v) is 8.46. The van der Waals surface area contributed by atoms with Gasteiger partial charge in [-0.05, 0) is 68.4 Å². The van der Waals surface area contributed by atoms with E-state index in [0.29, 0.717) is 72.9 Å². The monoisotopic (exact) mass is 599 g/mol. The predicted octanol–water partition coefficient (Wildman–Crippen LogP) is 2.47. The maximum atomic E-state index is 13.9. The molecule has 12 nitrogen and oxygen atoms in total. The highest BCUT2D eigenvalue weighted by Gasteiger charge is 2.27. The van der Waals surface area contributed by atoms with E-state index in [4.69, 9.17) is 20.7 Å². The van der Waals surface area contributed by atoms with Crippen LogP contribution >= 0.6 is 0 Å². The largest absolute Gasteiger partial charge is 0.484 e. The van der Waals surface area contributed by atoms with Gasteiger partial charge in [-0.3, -0.25) is 24.2 Å². The minimum Gasteiger partial charge on any atom is -0.484 e. The first-order chi connectivity index (χ1) is 21.3. The number of ether oxygens (including phenoxy) is 1. The zero-order valence-electron chi connectivity index (χ0n) is 24.7. The highest BCUT2D eigenvalue weighted by Crippen LogP contribution is 2.32. The van der Waals surface area contributed by atoms with Crippen LogP contribution in [0.3, 0.4) is 0 Å². The third kappa shape index (κ3) is 6.90. The van der Waals surface area contributed by atoms with Crippen molar-refractivity contribution >= 4 is 17.8 Å². The van der Waals surface area contributed by atoms with Crippen LogP contribution in [0, 0.1) is 17.2 Å². The van der Waals surface area contributed by atoms with Crippen molar-refractivity contribution in [3.8, 4) is 34.2 Å². The van der Waals surface area contributed by atoms with Gasteiger partial charge in [0.2, 0.25) is 11.9 Å². The second-order valence-corrected chi connectivity index (χ2v) is 11.4. The molecule has 2 fully saturated rings. The molecule has 0 unspecified atom stereocenters. The van der Waals surface area contributed by atoms with Crippen molar-refractivity contribution in [2.45, 2.75) is 50.6 Å². The zero-order valence-corrected chi connectivity index (χ0v) is 24.7. The molecule has 0 radical (unpaired) electrons. The first-order valence-electron chi connectivity index (χ1n) is 14.9. The fraction of sp³-hybridized carbons (Fsp3) is 0.406. The molecule has 2 aromatic carbocycles. The normalized spacial score (nSPS) is 18.7. The van der Waals surface area contributed by atoms with Gasteiger partial charge in [0.25, 0.3) is 11.5 Å². The number of aromatic nitrogens is 2. The fourth-order valence-corrected chi connectivity index (χ4v) is 5.87. The summed E-state index contributed by atoms with van der Waals surface area (Å²) in [4.78, 5) is 45.1. The van der Waals surface area contributed by atoms with Crippen LogP contribution in [0.1, 0.15) is 44.1 Å². The number of piperidine rings is 1. The molecule has 1 aromatic heterocycles. The molecule has 0 bridgehead atoms. The van der Waals surface area contributed by atoms with E-state index in [2.05, 4.69) is 16.3 Å². The molecule has 2 amide bonds. The Labute approximate surface area is 255 Å². The number of nitriles is 1. The number of hydrogen-bond acceptors (Lipinski definition) is 9. The van der Waals surface area contributed by atoms with Gasteiger partial charge in [-0.1, -0.05) is 24.3 Å². The van der Waals surface area contributed by atoms with E-state index in [1.807, 2.05) is 0 Å². The summed E-state index contributed by atoms with van der Waals surface area (Å²) in [5.74, 6) is 0.147. The van der Waals surface area contributed by atoms with Crippen LogP contribution in [0.2, 0.25) is 0 Å². The van der Waals surface area contributed by atoms with Gasteiger partial charge in [0.15, 0.2) is 6.61 Å². The maximum Gasteiger partial charge on any atom is 0.263 e. The van der Waals surface area contributed by atoms with Crippen molar-refractivity contribution in [1.29, 1.82) is 5.26 Å². The number of anilines is 1. The standard InChI is InChI=1S/C32H37N7O5/c1-38-31(42)28(29(22-4-2-20(18-33)3-5-22)36-32(38)39-16-14-24(34)15-17-39)21-8-12-26(13-9-21)44-19-27(40)35-25-10-6-23(7-11-25)30(41)37-43/h2-5,8-9,12-13,23-25,43H,6-7,10-11,14-17,19,34H2,1H3,(H,35,40)(H,37,41). The summed E-state index contributed by atoms with van der Waals surface area (Å²) in [7, 11) is 1.72. The average molecular weight is 600 g/mol. The summed E-state index contributed by atoms with van der Waals surface area (Å²) in [6, 6.07) is 16.2. The fourth-order valence-electron chi connectivity index (χ4n) is 5.87. The van der Waals surface area contributed by atoms with E-state index >= 15 is 0 Å². The number of hydroxylamine groups is 1. The molecule has 0 atom stereocenters. The van der Waals surface area contributed by atoms with Crippen molar-refractivity contribution in [2.75, 3.05) is 24.6 Å². The summed E-state index contributed by atoms with van der Waals surface area (Å²) in [5.41, 5.74) is 10.4. The molecule has 44 heavy (non-hydrogen) atoms. The van der Waals surface area contributed by atoms with Gasteiger partial charge in [0, 0.05) is 43.7 Å². The topological polar surface area (TPSA) is 176 Å². The Kier molecular flexibility index (Phi) is 9.57. The van der Waals surface area contributed by atoms with Crippen LogP contribution in [0.25, 0.3) is 22.4 Å². The summed E-state index contributed by atoms with van der Waals surface area (Å²) in [5, 5.41) is 21.0. The van der Waals surface area contributed by atoms with Crippen LogP contribution in [0.4, 0.5) is 5.95 Å². The molecule has 0 spiro atoms. The van der Waals surface area contributed by atoms with Crippen molar-refractivity contribution < 1.29 is 19.5 Å². The van der Waals surface area contributed by atoms with Gasteiger partial charge in [-0.2, -0.15) is 5.26 Å². The lowest BCUT2D eigenvalue weighted by molar-refractivity contribution is -0.134. The molecular weight excluding hydrogens is 562 g/mol. The van der Waals surface area contributed by atoms with Crippen molar-refractivity contribution in [2.24, 2.45) is 18.7 Å². The first-order valence-corrected chi connectivity index (χ1v) is 14.9. The number of rotatable bonds is 8. The molecule has 230 valence electrons. The maximum absolute atomic E-state index is 13.9. The van der Waals surface area contributed by atoms with Crippen LogP contribution < -0.4 is 31.7 Å². The van der Waals surface area contributed by atoms with E-state index in [1.165, 1.54) is 0 Å². The minimum atomic E-state index is -0.387. The van der Waals surface area contributed by atoms with Crippen LogP contribution in [0.5, 0.6) is 5.75 Å². The molecular formula is C32H37N7O5. The Morgan fingerprint density at radius 3 is 2.27 bits per heavy atom. The number of benzene rings is 2. The Hall–Kier alpha value is -4.73. The molecule has 1 aliphatic carbocycles. The average Bonchev–Trinajstić information content (AvgIpc) is 3.06. The number of amides is 2. The Bertz CT molecular complexity index is 1580. The van der Waals surface area contributed by atoms with Gasteiger partial charge in [-0.25, -0.2) is 10.5 Å². The second kappa shape index (κ2) is 13.7. The number of hydrogen-bond donors (Lipinski definition) is 4. The van der Waals surface area contributed by atoms with Crippen LogP contribution in [-0.4, -0.2) is 58.4 Å². The van der Waals surface area contributed by atoms with Crippen molar-refractivity contribution in [3.63, 3.8) is 0 Å². The van der Waals surface area contributed by atoms with Crippen LogP contribution in [0.15, 0.2) is 53.3 Å². The highest BCUT2D eigenvalue weighted by molar-refractivity contribution is 5.82. The Morgan fingerprint density at radius 2 is 1.66 bits per heavy atom. The number of nitrogens with one attached hydrogen (secondary N) is 2. The van der Waals surface area contributed by atoms with Gasteiger partial charge < -0.3 is 20.7 Å². The van der Waals surface area contributed by atoms with Crippen LogP contribution in [-0.2, 0) is 16.6 Å². The Morgan fingerprint density at radius 1 is 1.02 bits per heavy atom. The van der Waals surface area contributed by atoms with E-state index in [-0.39, 0.29) is 42.0 Å². The van der Waals surface area contributed by atoms with E-state index < -0.39 is 0 Å². The summed E-state index contributed by atoms with van der Waals surface area (Å²) in [6.07, 6.45) is 4.10. The molecule has 1 saturated carbocycles. The molecule has 5 N–H and O–H groups in total. The van der Waals surface area contributed by atoms with E-state index in [0.717, 1.165) is 18.4 Å². The number of nitrogens with zero attached hydrogens (tertiary/aromatic N) is 4. The number of carbonyl (C=O) groups is 2. The lowest BCUT2D eigenvalue weighted by atomic mass is 9.85. The zero-order chi connectivity index (χ0) is 31.2.